The van der Waals surface area contributed by atoms with E-state index in [2.05, 4.69) is 10.6 Å². The van der Waals surface area contributed by atoms with Gasteiger partial charge in [0.15, 0.2) is 0 Å². The van der Waals surface area contributed by atoms with Gasteiger partial charge in [0.2, 0.25) is 11.8 Å². The van der Waals surface area contributed by atoms with Crippen LogP contribution in [0.15, 0.2) is 36.4 Å². The summed E-state index contributed by atoms with van der Waals surface area (Å²) in [6, 6.07) is 11.0. The highest BCUT2D eigenvalue weighted by atomic mass is 35.5. The molecule has 2 aliphatic heterocycles. The number of anilines is 3. The summed E-state index contributed by atoms with van der Waals surface area (Å²) >= 11 is 6.62. The minimum atomic E-state index is -4.15. The number of primary amides is 1. The highest BCUT2D eigenvalue weighted by Crippen LogP contribution is 2.39. The Kier molecular flexibility index (Phi) is 7.17. The van der Waals surface area contributed by atoms with Crippen molar-refractivity contribution in [3.8, 4) is 0 Å². The lowest BCUT2D eigenvalue weighted by molar-refractivity contribution is -0.179. The summed E-state index contributed by atoms with van der Waals surface area (Å²) in [6.07, 6.45) is -3.39. The number of halogens is 4. The molecule has 10 heteroatoms. The Bertz CT molecular complexity index is 1100. The van der Waals surface area contributed by atoms with Gasteiger partial charge in [-0.3, -0.25) is 9.59 Å². The van der Waals surface area contributed by atoms with Crippen LogP contribution in [-0.4, -0.2) is 37.1 Å². The van der Waals surface area contributed by atoms with Crippen LogP contribution in [0.1, 0.15) is 30.4 Å². The summed E-state index contributed by atoms with van der Waals surface area (Å²) in [7, 11) is 0. The van der Waals surface area contributed by atoms with Gasteiger partial charge in [-0.05, 0) is 61.6 Å². The number of carbonyl (C=O) groups excluding carboxylic acids is 2. The summed E-state index contributed by atoms with van der Waals surface area (Å²) < 4.78 is 38.9. The maximum atomic E-state index is 13.0. The summed E-state index contributed by atoms with van der Waals surface area (Å²) in [5.74, 6) is -2.42. The fourth-order valence-corrected chi connectivity index (χ4v) is 5.12. The van der Waals surface area contributed by atoms with E-state index in [1.165, 1.54) is 0 Å². The number of alkyl halides is 3. The van der Waals surface area contributed by atoms with E-state index < -0.39 is 23.9 Å². The smallest absolute Gasteiger partial charge is 0.370 e. The van der Waals surface area contributed by atoms with Crippen molar-refractivity contribution in [1.29, 1.82) is 0 Å². The zero-order valence-electron chi connectivity index (χ0n) is 19.3. The van der Waals surface area contributed by atoms with Crippen LogP contribution in [0.4, 0.5) is 30.2 Å². The number of nitrogens with two attached hydrogens (primary N) is 1. The number of hydrogen-bond acceptors (Lipinski definition) is 4. The summed E-state index contributed by atoms with van der Waals surface area (Å²) in [5, 5.41) is 6.66. The lowest BCUT2D eigenvalue weighted by Crippen LogP contribution is -2.39. The van der Waals surface area contributed by atoms with E-state index in [4.69, 9.17) is 17.3 Å². The Balaban J connectivity index is 1.40. The first-order valence-electron chi connectivity index (χ1n) is 11.6. The van der Waals surface area contributed by atoms with Crippen LogP contribution in [0, 0.1) is 18.8 Å². The molecule has 2 amide bonds. The number of rotatable bonds is 6. The molecular formula is C25H28ClF3N4O2. The first kappa shape index (κ1) is 25.2. The molecule has 2 saturated heterocycles. The van der Waals surface area contributed by atoms with Gasteiger partial charge in [0, 0.05) is 36.9 Å². The number of amides is 2. The quantitative estimate of drug-likeness (QED) is 0.527. The predicted molar refractivity (Wildman–Crippen MR) is 130 cm³/mol. The van der Waals surface area contributed by atoms with Crippen LogP contribution in [0.2, 0.25) is 5.02 Å². The van der Waals surface area contributed by atoms with E-state index in [0.717, 1.165) is 28.2 Å². The molecule has 0 aromatic heterocycles. The van der Waals surface area contributed by atoms with Gasteiger partial charge in [-0.1, -0.05) is 23.7 Å². The molecule has 35 heavy (non-hydrogen) atoms. The molecule has 6 nitrogen and oxygen atoms in total. The minimum absolute atomic E-state index is 0.0654. The van der Waals surface area contributed by atoms with Gasteiger partial charge in [0.1, 0.15) is 0 Å². The molecular weight excluding hydrogens is 481 g/mol. The van der Waals surface area contributed by atoms with E-state index in [9.17, 15) is 22.8 Å². The standard InChI is InChI=1S/C25H28ClF3N4O2/c1-14-19(6-7-21(23(14)26)33-10-8-16(9-11-33)25(27,28)29)31-17-4-2-15(3-5-17)12-20-18(24(30)35)13-22(34)32-20/h2-7,16,18,20,31H,8-13H2,1H3,(H2,30,35)(H,32,34). The maximum Gasteiger partial charge on any atom is 0.391 e. The molecule has 0 radical (unpaired) electrons. The third kappa shape index (κ3) is 5.66. The number of nitrogens with zero attached hydrogens (tertiary/aromatic N) is 1. The highest BCUT2D eigenvalue weighted by molar-refractivity contribution is 6.34. The minimum Gasteiger partial charge on any atom is -0.370 e. The van der Waals surface area contributed by atoms with E-state index in [1.54, 1.807) is 0 Å². The van der Waals surface area contributed by atoms with Crippen molar-refractivity contribution < 1.29 is 22.8 Å². The number of benzene rings is 2. The lowest BCUT2D eigenvalue weighted by atomic mass is 9.94. The molecule has 2 heterocycles. The van der Waals surface area contributed by atoms with Gasteiger partial charge in [-0.25, -0.2) is 0 Å². The molecule has 0 bridgehead atoms. The van der Waals surface area contributed by atoms with Gasteiger partial charge < -0.3 is 21.3 Å². The van der Waals surface area contributed by atoms with Crippen LogP contribution in [0.3, 0.4) is 0 Å². The average molecular weight is 509 g/mol. The van der Waals surface area contributed by atoms with Crippen LogP contribution < -0.4 is 21.3 Å². The van der Waals surface area contributed by atoms with E-state index in [-0.39, 0.29) is 31.2 Å². The third-order valence-electron chi connectivity index (χ3n) is 6.96. The number of nitrogens with one attached hydrogen (secondary N) is 2. The summed E-state index contributed by atoms with van der Waals surface area (Å²) in [5.41, 5.74) is 9.56. The van der Waals surface area contributed by atoms with Crippen LogP contribution in [0.25, 0.3) is 0 Å². The Morgan fingerprint density at radius 1 is 1.17 bits per heavy atom. The topological polar surface area (TPSA) is 87.5 Å². The van der Waals surface area contributed by atoms with E-state index in [1.807, 2.05) is 48.2 Å². The van der Waals surface area contributed by atoms with Gasteiger partial charge in [-0.2, -0.15) is 13.2 Å². The maximum absolute atomic E-state index is 13.0. The molecule has 0 aliphatic carbocycles. The fraction of sp³-hybridized carbons (Fsp3) is 0.440. The molecule has 4 rings (SSSR count). The second-order valence-corrected chi connectivity index (χ2v) is 9.67. The van der Waals surface area contributed by atoms with E-state index >= 15 is 0 Å². The molecule has 2 aromatic carbocycles. The Hall–Kier alpha value is -2.94. The lowest BCUT2D eigenvalue weighted by Gasteiger charge is -2.35. The zero-order chi connectivity index (χ0) is 25.3. The molecule has 2 atom stereocenters. The van der Waals surface area contributed by atoms with Crippen molar-refractivity contribution in [2.24, 2.45) is 17.6 Å². The largest absolute Gasteiger partial charge is 0.391 e. The Labute approximate surface area is 207 Å². The van der Waals surface area contributed by atoms with Gasteiger partial charge in [0.25, 0.3) is 0 Å². The Morgan fingerprint density at radius 2 is 1.83 bits per heavy atom. The van der Waals surface area contributed by atoms with Gasteiger partial charge >= 0.3 is 6.18 Å². The molecule has 0 spiro atoms. The summed E-state index contributed by atoms with van der Waals surface area (Å²) in [6.45, 7) is 2.50. The second-order valence-electron chi connectivity index (χ2n) is 9.29. The van der Waals surface area contributed by atoms with E-state index in [0.29, 0.717) is 24.5 Å². The highest BCUT2D eigenvalue weighted by Gasteiger charge is 2.41. The Morgan fingerprint density at radius 3 is 2.43 bits per heavy atom. The second kappa shape index (κ2) is 9.97. The van der Waals surface area contributed by atoms with Gasteiger partial charge in [0.05, 0.1) is 22.5 Å². The molecule has 2 unspecified atom stereocenters. The van der Waals surface area contributed by atoms with Crippen molar-refractivity contribution >= 4 is 40.5 Å². The molecule has 2 fully saturated rings. The summed E-state index contributed by atoms with van der Waals surface area (Å²) in [4.78, 5) is 25.2. The SMILES string of the molecule is Cc1c(Nc2ccc(CC3NC(=O)CC3C(N)=O)cc2)ccc(N2CCC(C(F)(F)F)CC2)c1Cl. The van der Waals surface area contributed by atoms with Crippen molar-refractivity contribution in [2.45, 2.75) is 44.8 Å². The zero-order valence-corrected chi connectivity index (χ0v) is 20.0. The van der Waals surface area contributed by atoms with Crippen molar-refractivity contribution in [3.63, 3.8) is 0 Å². The average Bonchev–Trinajstić information content (AvgIpc) is 3.18. The fourth-order valence-electron chi connectivity index (χ4n) is 4.83. The number of piperidine rings is 1. The molecule has 2 aliphatic rings. The first-order chi connectivity index (χ1) is 16.5. The monoisotopic (exact) mass is 508 g/mol. The van der Waals surface area contributed by atoms with Crippen LogP contribution in [0.5, 0.6) is 0 Å². The molecule has 188 valence electrons. The predicted octanol–water partition coefficient (Wildman–Crippen LogP) is 4.70. The molecule has 0 saturated carbocycles. The van der Waals surface area contributed by atoms with Crippen molar-refractivity contribution in [1.82, 2.24) is 5.32 Å². The molecule has 4 N–H and O–H groups in total. The van der Waals surface area contributed by atoms with Crippen molar-refractivity contribution in [3.05, 3.63) is 52.5 Å². The number of carbonyl (C=O) groups is 2. The van der Waals surface area contributed by atoms with Gasteiger partial charge in [-0.15, -0.1) is 0 Å². The van der Waals surface area contributed by atoms with Crippen LogP contribution >= 0.6 is 11.6 Å². The van der Waals surface area contributed by atoms with Crippen LogP contribution in [-0.2, 0) is 16.0 Å². The molecule has 2 aromatic rings. The first-order valence-corrected chi connectivity index (χ1v) is 12.0. The third-order valence-corrected chi connectivity index (χ3v) is 7.43. The normalized spacial score (nSPS) is 21.2. The number of hydrogen-bond donors (Lipinski definition) is 3. The van der Waals surface area contributed by atoms with Crippen molar-refractivity contribution in [2.75, 3.05) is 23.3 Å².